The molecule has 1 N–H and O–H groups in total. The predicted molar refractivity (Wildman–Crippen MR) is 79.2 cm³/mol. The molecule has 1 aliphatic rings. The molecule has 1 aliphatic heterocycles. The molecule has 22 heavy (non-hydrogen) atoms. The monoisotopic (exact) mass is 311 g/mol. The number of hydrogen-bond donors (Lipinski definition) is 1. The Kier molecular flexibility index (Phi) is 4.90. The van der Waals surface area contributed by atoms with Gasteiger partial charge in [0.05, 0.1) is 12.6 Å². The van der Waals surface area contributed by atoms with E-state index in [0.29, 0.717) is 17.9 Å². The first kappa shape index (κ1) is 16.5. The minimum atomic E-state index is -0.529. The van der Waals surface area contributed by atoms with Gasteiger partial charge in [0.25, 0.3) is 0 Å². The second-order valence-corrected chi connectivity index (χ2v) is 6.34. The Morgan fingerprint density at radius 1 is 1.45 bits per heavy atom. The number of nitrogens with zero attached hydrogens (tertiary/aromatic N) is 1. The van der Waals surface area contributed by atoms with Crippen molar-refractivity contribution in [2.75, 3.05) is 13.2 Å². The highest BCUT2D eigenvalue weighted by Crippen LogP contribution is 2.24. The first-order valence-corrected chi connectivity index (χ1v) is 7.32. The Balaban J connectivity index is 1.91. The molecule has 0 spiro atoms. The summed E-state index contributed by atoms with van der Waals surface area (Å²) < 4.78 is 24.0. The van der Waals surface area contributed by atoms with Crippen LogP contribution in [0.3, 0.4) is 0 Å². The molecule has 1 fully saturated rings. The highest BCUT2D eigenvalue weighted by atomic mass is 19.1. The summed E-state index contributed by atoms with van der Waals surface area (Å²) in [4.78, 5) is 13.6. The molecular weight excluding hydrogens is 289 g/mol. The maximum absolute atomic E-state index is 13.1. The van der Waals surface area contributed by atoms with Crippen molar-refractivity contribution in [3.63, 3.8) is 0 Å². The minimum Gasteiger partial charge on any atom is -0.491 e. The van der Waals surface area contributed by atoms with Crippen molar-refractivity contribution >= 4 is 6.09 Å². The van der Waals surface area contributed by atoms with E-state index < -0.39 is 11.4 Å². The molecule has 0 radical (unpaired) electrons. The highest BCUT2D eigenvalue weighted by Gasteiger charge is 2.35. The van der Waals surface area contributed by atoms with Crippen molar-refractivity contribution in [3.05, 3.63) is 29.6 Å². The number of aliphatic hydroxyl groups excluding tert-OH is 1. The number of ether oxygens (including phenoxy) is 2. The summed E-state index contributed by atoms with van der Waals surface area (Å²) in [5, 5.41) is 9.22. The van der Waals surface area contributed by atoms with Crippen LogP contribution in [0.2, 0.25) is 0 Å². The molecule has 6 heteroatoms. The Morgan fingerprint density at radius 2 is 2.18 bits per heavy atom. The minimum absolute atomic E-state index is 0.0635. The van der Waals surface area contributed by atoms with Gasteiger partial charge in [-0.15, -0.1) is 0 Å². The molecule has 1 atom stereocenters. The van der Waals surface area contributed by atoms with Gasteiger partial charge < -0.3 is 19.5 Å². The molecular formula is C16H22FNO4. The number of carbonyl (C=O) groups excluding carboxylic acids is 1. The van der Waals surface area contributed by atoms with Gasteiger partial charge in [-0.05, 0) is 45.4 Å². The average molecular weight is 311 g/mol. The quantitative estimate of drug-likeness (QED) is 0.929. The lowest BCUT2D eigenvalue weighted by molar-refractivity contribution is -0.0142. The van der Waals surface area contributed by atoms with Gasteiger partial charge in [-0.2, -0.15) is 0 Å². The standard InChI is InChI=1S/C16H22FNO4/c1-16(2,3)22-15(20)18-7-6-13(18)10-21-14-5-4-12(17)8-11(14)9-19/h4-5,8,13,19H,6-7,9-10H2,1-3H3/t13-/m0/s1. The first-order valence-electron chi connectivity index (χ1n) is 7.32. The molecule has 5 nitrogen and oxygen atoms in total. The predicted octanol–water partition coefficient (Wildman–Crippen LogP) is 2.71. The van der Waals surface area contributed by atoms with Crippen molar-refractivity contribution < 1.29 is 23.8 Å². The van der Waals surface area contributed by atoms with E-state index in [4.69, 9.17) is 9.47 Å². The van der Waals surface area contributed by atoms with Gasteiger partial charge in [0.15, 0.2) is 0 Å². The zero-order chi connectivity index (χ0) is 16.3. The molecule has 122 valence electrons. The van der Waals surface area contributed by atoms with E-state index in [1.807, 2.05) is 20.8 Å². The van der Waals surface area contributed by atoms with Crippen LogP contribution in [0, 0.1) is 5.82 Å². The number of carbonyl (C=O) groups is 1. The number of halogens is 1. The van der Waals surface area contributed by atoms with Crippen molar-refractivity contribution in [3.8, 4) is 5.75 Å². The Morgan fingerprint density at radius 3 is 2.73 bits per heavy atom. The largest absolute Gasteiger partial charge is 0.491 e. The van der Waals surface area contributed by atoms with Gasteiger partial charge in [0.1, 0.15) is 23.8 Å². The zero-order valence-corrected chi connectivity index (χ0v) is 13.1. The van der Waals surface area contributed by atoms with Crippen LogP contribution < -0.4 is 4.74 Å². The maximum Gasteiger partial charge on any atom is 0.410 e. The summed E-state index contributed by atoms with van der Waals surface area (Å²) in [6.07, 6.45) is 0.475. The van der Waals surface area contributed by atoms with E-state index in [2.05, 4.69) is 0 Å². The molecule has 0 aliphatic carbocycles. The Bertz CT molecular complexity index is 541. The fraction of sp³-hybridized carbons (Fsp3) is 0.562. The summed E-state index contributed by atoms with van der Waals surface area (Å²) in [5.74, 6) is 0.00960. The fourth-order valence-corrected chi connectivity index (χ4v) is 2.17. The molecule has 1 heterocycles. The lowest BCUT2D eigenvalue weighted by Gasteiger charge is -2.41. The molecule has 1 amide bonds. The SMILES string of the molecule is CC(C)(C)OC(=O)N1CC[C@H]1COc1ccc(F)cc1CO. The van der Waals surface area contributed by atoms with Gasteiger partial charge >= 0.3 is 6.09 Å². The number of amides is 1. The third-order valence-electron chi connectivity index (χ3n) is 3.40. The van der Waals surface area contributed by atoms with Gasteiger partial charge in [-0.25, -0.2) is 9.18 Å². The second-order valence-electron chi connectivity index (χ2n) is 6.34. The molecule has 0 unspecified atom stereocenters. The van der Waals surface area contributed by atoms with Crippen LogP contribution in [-0.2, 0) is 11.3 Å². The van der Waals surface area contributed by atoms with Crippen LogP contribution in [0.15, 0.2) is 18.2 Å². The normalized spacial score (nSPS) is 17.9. The van der Waals surface area contributed by atoms with E-state index in [1.54, 1.807) is 4.90 Å². The van der Waals surface area contributed by atoms with E-state index in [0.717, 1.165) is 6.42 Å². The smallest absolute Gasteiger partial charge is 0.410 e. The molecule has 1 aromatic carbocycles. The number of aliphatic hydroxyl groups is 1. The van der Waals surface area contributed by atoms with Gasteiger partial charge in [-0.3, -0.25) is 0 Å². The second kappa shape index (κ2) is 6.52. The fourth-order valence-electron chi connectivity index (χ4n) is 2.17. The van der Waals surface area contributed by atoms with Crippen LogP contribution in [0.25, 0.3) is 0 Å². The van der Waals surface area contributed by atoms with Crippen LogP contribution in [-0.4, -0.2) is 40.9 Å². The van der Waals surface area contributed by atoms with Crippen molar-refractivity contribution in [1.82, 2.24) is 4.90 Å². The maximum atomic E-state index is 13.1. The lowest BCUT2D eigenvalue weighted by Crippen LogP contribution is -2.55. The summed E-state index contributed by atoms with van der Waals surface area (Å²) >= 11 is 0. The van der Waals surface area contributed by atoms with Crippen LogP contribution in [0.1, 0.15) is 32.8 Å². The summed E-state index contributed by atoms with van der Waals surface area (Å²) in [6.45, 7) is 6.09. The van der Waals surface area contributed by atoms with E-state index in [9.17, 15) is 14.3 Å². The summed E-state index contributed by atoms with van der Waals surface area (Å²) in [5.41, 5.74) is -0.137. The Hall–Kier alpha value is -1.82. The van der Waals surface area contributed by atoms with Crippen molar-refractivity contribution in [2.24, 2.45) is 0 Å². The molecule has 0 bridgehead atoms. The van der Waals surface area contributed by atoms with Crippen LogP contribution in [0.5, 0.6) is 5.75 Å². The van der Waals surface area contributed by atoms with E-state index in [1.165, 1.54) is 18.2 Å². The molecule has 0 saturated carbocycles. The van der Waals surface area contributed by atoms with Gasteiger partial charge in [0.2, 0.25) is 0 Å². The third-order valence-corrected chi connectivity index (χ3v) is 3.40. The third kappa shape index (κ3) is 4.10. The summed E-state index contributed by atoms with van der Waals surface area (Å²) in [7, 11) is 0. The highest BCUT2D eigenvalue weighted by molar-refractivity contribution is 5.69. The molecule has 1 aromatic rings. The molecule has 0 aromatic heterocycles. The topological polar surface area (TPSA) is 59.0 Å². The molecule has 1 saturated heterocycles. The Labute approximate surface area is 129 Å². The van der Waals surface area contributed by atoms with Crippen molar-refractivity contribution in [2.45, 2.75) is 45.4 Å². The van der Waals surface area contributed by atoms with E-state index >= 15 is 0 Å². The van der Waals surface area contributed by atoms with Gasteiger partial charge in [0, 0.05) is 12.1 Å². The lowest BCUT2D eigenvalue weighted by atomic mass is 10.1. The van der Waals surface area contributed by atoms with Gasteiger partial charge in [-0.1, -0.05) is 0 Å². The number of rotatable bonds is 4. The first-order chi connectivity index (χ1) is 10.3. The van der Waals surface area contributed by atoms with Crippen molar-refractivity contribution in [1.29, 1.82) is 0 Å². The zero-order valence-electron chi connectivity index (χ0n) is 13.1. The number of hydrogen-bond acceptors (Lipinski definition) is 4. The van der Waals surface area contributed by atoms with Crippen LogP contribution >= 0.6 is 0 Å². The average Bonchev–Trinajstić information content (AvgIpc) is 2.36. The summed E-state index contributed by atoms with van der Waals surface area (Å²) in [6, 6.07) is 3.94. The number of likely N-dealkylation sites (tertiary alicyclic amines) is 1. The molecule has 2 rings (SSSR count). The van der Waals surface area contributed by atoms with E-state index in [-0.39, 0.29) is 25.3 Å². The number of benzene rings is 1. The van der Waals surface area contributed by atoms with Crippen LogP contribution in [0.4, 0.5) is 9.18 Å².